The molecule has 0 radical (unpaired) electrons. The quantitative estimate of drug-likeness (QED) is 0.814. The van der Waals surface area contributed by atoms with E-state index in [0.29, 0.717) is 0 Å². The Hall–Kier alpha value is -0.820. The van der Waals surface area contributed by atoms with Gasteiger partial charge < -0.3 is 5.32 Å². The first-order valence-corrected chi connectivity index (χ1v) is 9.24. The third kappa shape index (κ3) is 4.35. The summed E-state index contributed by atoms with van der Waals surface area (Å²) in [6.45, 7) is 4.06. The van der Waals surface area contributed by atoms with Crippen LogP contribution in [-0.4, -0.2) is 26.9 Å². The molecule has 0 heterocycles. The Morgan fingerprint density at radius 1 is 1.27 bits per heavy atom. The van der Waals surface area contributed by atoms with E-state index >= 15 is 0 Å². The number of sulfonamides is 1. The van der Waals surface area contributed by atoms with Crippen molar-refractivity contribution in [1.82, 2.24) is 10.0 Å². The molecule has 2 rings (SSSR count). The summed E-state index contributed by atoms with van der Waals surface area (Å²) in [6, 6.07) is 2.67. The van der Waals surface area contributed by atoms with Crippen LogP contribution in [0.15, 0.2) is 17.0 Å². The van der Waals surface area contributed by atoms with Gasteiger partial charge in [-0.3, -0.25) is 4.79 Å². The summed E-state index contributed by atoms with van der Waals surface area (Å²) in [5.74, 6) is -0.233. The van der Waals surface area contributed by atoms with Gasteiger partial charge in [0.1, 0.15) is 4.90 Å². The van der Waals surface area contributed by atoms with Crippen molar-refractivity contribution in [2.45, 2.75) is 37.6 Å². The number of rotatable bonds is 6. The fraction of sp³-hybridized carbons (Fsp3) is 0.500. The van der Waals surface area contributed by atoms with Crippen LogP contribution in [0.4, 0.5) is 0 Å². The lowest BCUT2D eigenvalue weighted by molar-refractivity contribution is 0.0951. The van der Waals surface area contributed by atoms with E-state index in [1.165, 1.54) is 12.1 Å². The first-order chi connectivity index (χ1) is 10.2. The number of carbonyl (C=O) groups is 1. The summed E-state index contributed by atoms with van der Waals surface area (Å²) in [4.78, 5) is 12.0. The predicted molar refractivity (Wildman–Crippen MR) is 87.0 cm³/mol. The van der Waals surface area contributed by atoms with Crippen LogP contribution in [0.3, 0.4) is 0 Å². The average Bonchev–Trinajstić information content (AvgIpc) is 3.20. The van der Waals surface area contributed by atoms with Gasteiger partial charge in [0.2, 0.25) is 10.0 Å². The molecule has 0 aromatic heterocycles. The highest BCUT2D eigenvalue weighted by molar-refractivity contribution is 7.89. The second-order valence-electron chi connectivity index (χ2n) is 5.76. The standard InChI is InChI=1S/C14H18Cl2N2O3S/c1-8(2)7-17-22(20,21)13-5-10(11(15)6-12(13)16)14(19)18-9-3-4-9/h5-6,8-9,17H,3-4,7H2,1-2H3,(H,18,19). The molecule has 2 N–H and O–H groups in total. The molecule has 0 aliphatic heterocycles. The normalized spacial score (nSPS) is 15.1. The molecular weight excluding hydrogens is 347 g/mol. The van der Waals surface area contributed by atoms with Crippen LogP contribution >= 0.6 is 23.2 Å². The lowest BCUT2D eigenvalue weighted by Gasteiger charge is -2.13. The smallest absolute Gasteiger partial charge is 0.253 e. The van der Waals surface area contributed by atoms with E-state index in [2.05, 4.69) is 10.0 Å². The van der Waals surface area contributed by atoms with Gasteiger partial charge in [0.05, 0.1) is 15.6 Å². The van der Waals surface area contributed by atoms with Crippen LogP contribution in [0.1, 0.15) is 37.0 Å². The van der Waals surface area contributed by atoms with Gasteiger partial charge in [-0.05, 0) is 30.9 Å². The highest BCUT2D eigenvalue weighted by atomic mass is 35.5. The van der Waals surface area contributed by atoms with E-state index < -0.39 is 10.0 Å². The molecule has 0 unspecified atom stereocenters. The van der Waals surface area contributed by atoms with Gasteiger partial charge in [-0.2, -0.15) is 0 Å². The second-order valence-corrected chi connectivity index (χ2v) is 8.31. The molecule has 0 spiro atoms. The Morgan fingerprint density at radius 3 is 2.45 bits per heavy atom. The SMILES string of the molecule is CC(C)CNS(=O)(=O)c1cc(C(=O)NC2CC2)c(Cl)cc1Cl. The molecule has 22 heavy (non-hydrogen) atoms. The molecule has 0 bridgehead atoms. The molecule has 0 saturated heterocycles. The molecule has 0 atom stereocenters. The van der Waals surface area contributed by atoms with Crippen molar-refractivity contribution in [3.8, 4) is 0 Å². The van der Waals surface area contributed by atoms with Gasteiger partial charge in [-0.25, -0.2) is 13.1 Å². The van der Waals surface area contributed by atoms with Crippen molar-refractivity contribution in [1.29, 1.82) is 0 Å². The van der Waals surface area contributed by atoms with Gasteiger partial charge in [-0.1, -0.05) is 37.0 Å². The van der Waals surface area contributed by atoms with Gasteiger partial charge in [0.15, 0.2) is 0 Å². The van der Waals surface area contributed by atoms with Crippen LogP contribution in [0.5, 0.6) is 0 Å². The number of hydrogen-bond donors (Lipinski definition) is 2. The first-order valence-electron chi connectivity index (χ1n) is 7.00. The molecule has 1 fully saturated rings. The number of halogens is 2. The van der Waals surface area contributed by atoms with Gasteiger partial charge in [-0.15, -0.1) is 0 Å². The number of benzene rings is 1. The summed E-state index contributed by atoms with van der Waals surface area (Å²) in [7, 11) is -3.79. The second kappa shape index (κ2) is 6.74. The lowest BCUT2D eigenvalue weighted by atomic mass is 10.2. The minimum Gasteiger partial charge on any atom is -0.349 e. The Labute approximate surface area is 140 Å². The van der Waals surface area contributed by atoms with E-state index in [1.54, 1.807) is 0 Å². The van der Waals surface area contributed by atoms with E-state index in [4.69, 9.17) is 23.2 Å². The molecule has 8 heteroatoms. The van der Waals surface area contributed by atoms with Gasteiger partial charge in [0, 0.05) is 12.6 Å². The Kier molecular flexibility index (Phi) is 5.37. The average molecular weight is 365 g/mol. The van der Waals surface area contributed by atoms with Gasteiger partial charge >= 0.3 is 0 Å². The maximum atomic E-state index is 12.3. The van der Waals surface area contributed by atoms with Crippen LogP contribution in [0, 0.1) is 5.92 Å². The highest BCUT2D eigenvalue weighted by Crippen LogP contribution is 2.29. The number of amides is 1. The van der Waals surface area contributed by atoms with Crippen LogP contribution < -0.4 is 10.0 Å². The Balaban J connectivity index is 2.32. The van der Waals surface area contributed by atoms with E-state index in [-0.39, 0.29) is 44.9 Å². The molecule has 122 valence electrons. The molecule has 1 aliphatic carbocycles. The Bertz CT molecular complexity index is 686. The van der Waals surface area contributed by atoms with Crippen molar-refractivity contribution in [2.24, 2.45) is 5.92 Å². The van der Waals surface area contributed by atoms with Crippen LogP contribution in [-0.2, 0) is 10.0 Å². The van der Waals surface area contributed by atoms with Crippen molar-refractivity contribution >= 4 is 39.1 Å². The zero-order valence-corrected chi connectivity index (χ0v) is 14.6. The topological polar surface area (TPSA) is 75.3 Å². The summed E-state index contributed by atoms with van der Waals surface area (Å²) in [5.41, 5.74) is 0.114. The maximum absolute atomic E-state index is 12.3. The van der Waals surface area contributed by atoms with Crippen LogP contribution in [0.2, 0.25) is 10.0 Å². The monoisotopic (exact) mass is 364 g/mol. The van der Waals surface area contributed by atoms with Gasteiger partial charge in [0.25, 0.3) is 5.91 Å². The van der Waals surface area contributed by atoms with Crippen molar-refractivity contribution in [3.05, 3.63) is 27.7 Å². The number of carbonyl (C=O) groups excluding carboxylic acids is 1. The van der Waals surface area contributed by atoms with Crippen LogP contribution in [0.25, 0.3) is 0 Å². The number of nitrogens with one attached hydrogen (secondary N) is 2. The van der Waals surface area contributed by atoms with Crippen molar-refractivity contribution in [3.63, 3.8) is 0 Å². The lowest BCUT2D eigenvalue weighted by Crippen LogP contribution is -2.29. The summed E-state index contributed by atoms with van der Waals surface area (Å²) < 4.78 is 27.1. The van der Waals surface area contributed by atoms with E-state index in [0.717, 1.165) is 12.8 Å². The van der Waals surface area contributed by atoms with E-state index in [1.807, 2.05) is 13.8 Å². The minimum atomic E-state index is -3.79. The highest BCUT2D eigenvalue weighted by Gasteiger charge is 2.27. The summed E-state index contributed by atoms with van der Waals surface area (Å²) >= 11 is 12.0. The minimum absolute atomic E-state index is 0.00997. The molecule has 5 nitrogen and oxygen atoms in total. The third-order valence-electron chi connectivity index (χ3n) is 3.15. The maximum Gasteiger partial charge on any atom is 0.253 e. The fourth-order valence-corrected chi connectivity index (χ4v) is 3.82. The van der Waals surface area contributed by atoms with Crippen molar-refractivity contribution < 1.29 is 13.2 Å². The molecule has 1 amide bonds. The molecule has 1 aromatic carbocycles. The van der Waals surface area contributed by atoms with E-state index in [9.17, 15) is 13.2 Å². The third-order valence-corrected chi connectivity index (χ3v) is 5.35. The Morgan fingerprint density at radius 2 is 1.91 bits per heavy atom. The zero-order chi connectivity index (χ0) is 16.5. The molecule has 1 saturated carbocycles. The largest absolute Gasteiger partial charge is 0.349 e. The fourth-order valence-electron chi connectivity index (χ4n) is 1.75. The molecule has 1 aliphatic rings. The predicted octanol–water partition coefficient (Wildman–Crippen LogP) is 2.82. The first kappa shape index (κ1) is 17.5. The summed E-state index contributed by atoms with van der Waals surface area (Å²) in [6.07, 6.45) is 1.86. The zero-order valence-electron chi connectivity index (χ0n) is 12.3. The summed E-state index contributed by atoms with van der Waals surface area (Å²) in [5, 5.41) is 2.90. The van der Waals surface area contributed by atoms with Crippen molar-refractivity contribution in [2.75, 3.05) is 6.54 Å². The molecular formula is C14H18Cl2N2O3S. The molecule has 1 aromatic rings. The number of hydrogen-bond acceptors (Lipinski definition) is 3.